The van der Waals surface area contributed by atoms with Crippen LogP contribution in [0.4, 0.5) is 22.0 Å². The van der Waals surface area contributed by atoms with Gasteiger partial charge in [-0.25, -0.2) is 8.78 Å². The Morgan fingerprint density at radius 2 is 1.71 bits per heavy atom. The molecule has 0 unspecified atom stereocenters. The van der Waals surface area contributed by atoms with Crippen molar-refractivity contribution in [3.63, 3.8) is 0 Å². The van der Waals surface area contributed by atoms with Crippen LogP contribution in [0.15, 0.2) is 36.4 Å². The standard InChI is InChI=1S/C14H9F5O2/c15-9-2-4-12(16)13(5-9)21-10-3-1-8(7-20)11(6-10)14(17,18)19/h1-6,20H,7H2. The van der Waals surface area contributed by atoms with Gasteiger partial charge in [0.25, 0.3) is 0 Å². The molecule has 0 saturated heterocycles. The van der Waals surface area contributed by atoms with Gasteiger partial charge < -0.3 is 9.84 Å². The number of hydrogen-bond donors (Lipinski definition) is 1. The number of benzene rings is 2. The molecule has 0 aliphatic carbocycles. The van der Waals surface area contributed by atoms with Crippen LogP contribution in [0.3, 0.4) is 0 Å². The van der Waals surface area contributed by atoms with Crippen LogP contribution >= 0.6 is 0 Å². The minimum absolute atomic E-state index is 0.316. The average molecular weight is 304 g/mol. The van der Waals surface area contributed by atoms with Crippen molar-refractivity contribution in [3.8, 4) is 11.5 Å². The molecule has 1 N–H and O–H groups in total. The highest BCUT2D eigenvalue weighted by atomic mass is 19.4. The van der Waals surface area contributed by atoms with Crippen molar-refractivity contribution in [2.24, 2.45) is 0 Å². The maximum absolute atomic E-state index is 13.4. The van der Waals surface area contributed by atoms with E-state index in [1.807, 2.05) is 0 Å². The van der Waals surface area contributed by atoms with Gasteiger partial charge >= 0.3 is 6.18 Å². The lowest BCUT2D eigenvalue weighted by Gasteiger charge is -2.14. The van der Waals surface area contributed by atoms with Crippen molar-refractivity contribution in [2.75, 3.05) is 0 Å². The molecule has 21 heavy (non-hydrogen) atoms. The molecule has 2 aromatic carbocycles. The summed E-state index contributed by atoms with van der Waals surface area (Å²) in [6.45, 7) is -0.802. The number of rotatable bonds is 3. The van der Waals surface area contributed by atoms with E-state index < -0.39 is 35.7 Å². The molecule has 0 saturated carbocycles. The Morgan fingerprint density at radius 3 is 2.33 bits per heavy atom. The van der Waals surface area contributed by atoms with E-state index in [0.717, 1.165) is 30.3 Å². The van der Waals surface area contributed by atoms with Crippen LogP contribution in [0.5, 0.6) is 11.5 Å². The summed E-state index contributed by atoms with van der Waals surface area (Å²) in [5.41, 5.74) is -1.44. The van der Waals surface area contributed by atoms with Crippen molar-refractivity contribution in [1.82, 2.24) is 0 Å². The van der Waals surface area contributed by atoms with Crippen LogP contribution in [0.2, 0.25) is 0 Å². The fraction of sp³-hybridized carbons (Fsp3) is 0.143. The molecule has 0 amide bonds. The minimum Gasteiger partial charge on any atom is -0.454 e. The summed E-state index contributed by atoms with van der Waals surface area (Å²) in [5, 5.41) is 8.89. The van der Waals surface area contributed by atoms with E-state index in [1.165, 1.54) is 0 Å². The quantitative estimate of drug-likeness (QED) is 0.858. The Labute approximate surface area is 116 Å². The van der Waals surface area contributed by atoms with Gasteiger partial charge in [0.1, 0.15) is 11.6 Å². The maximum Gasteiger partial charge on any atom is 0.416 e. The largest absolute Gasteiger partial charge is 0.454 e. The first-order valence-corrected chi connectivity index (χ1v) is 5.75. The van der Waals surface area contributed by atoms with Gasteiger partial charge in [0.05, 0.1) is 12.2 Å². The Kier molecular flexibility index (Phi) is 4.13. The van der Waals surface area contributed by atoms with Gasteiger partial charge in [0, 0.05) is 6.07 Å². The zero-order valence-corrected chi connectivity index (χ0v) is 10.4. The molecule has 0 radical (unpaired) electrons. The molecule has 0 aliphatic heterocycles. The predicted octanol–water partition coefficient (Wildman–Crippen LogP) is 4.27. The molecule has 2 rings (SSSR count). The molecular formula is C14H9F5O2. The summed E-state index contributed by atoms with van der Waals surface area (Å²) in [6.07, 6.45) is -4.70. The third-order valence-electron chi connectivity index (χ3n) is 2.68. The molecular weight excluding hydrogens is 295 g/mol. The molecule has 7 heteroatoms. The smallest absolute Gasteiger partial charge is 0.416 e. The van der Waals surface area contributed by atoms with Gasteiger partial charge in [-0.15, -0.1) is 0 Å². The number of hydrogen-bond acceptors (Lipinski definition) is 2. The molecule has 0 bridgehead atoms. The van der Waals surface area contributed by atoms with E-state index in [2.05, 4.69) is 0 Å². The second-order valence-electron chi connectivity index (χ2n) is 4.15. The van der Waals surface area contributed by atoms with Gasteiger partial charge in [-0.2, -0.15) is 13.2 Å². The Bertz CT molecular complexity index is 652. The molecule has 0 fully saturated rings. The first-order valence-electron chi connectivity index (χ1n) is 5.75. The van der Waals surface area contributed by atoms with E-state index in [4.69, 9.17) is 9.84 Å². The molecule has 112 valence electrons. The molecule has 0 aliphatic rings. The average Bonchev–Trinajstić information content (AvgIpc) is 2.42. The number of aliphatic hydroxyl groups is 1. The first kappa shape index (κ1) is 15.2. The lowest BCUT2D eigenvalue weighted by Crippen LogP contribution is -2.09. The van der Waals surface area contributed by atoms with E-state index in [1.54, 1.807) is 0 Å². The third-order valence-corrected chi connectivity index (χ3v) is 2.68. The zero-order chi connectivity index (χ0) is 15.6. The maximum atomic E-state index is 13.4. The van der Waals surface area contributed by atoms with Gasteiger partial charge in [-0.05, 0) is 29.8 Å². The van der Waals surface area contributed by atoms with Crippen LogP contribution in [0.1, 0.15) is 11.1 Å². The zero-order valence-electron chi connectivity index (χ0n) is 10.4. The first-order chi connectivity index (χ1) is 9.81. The normalized spacial score (nSPS) is 11.5. The number of ether oxygens (including phenoxy) is 1. The van der Waals surface area contributed by atoms with Gasteiger partial charge in [0.2, 0.25) is 0 Å². The topological polar surface area (TPSA) is 29.5 Å². The van der Waals surface area contributed by atoms with E-state index in [-0.39, 0.29) is 11.3 Å². The molecule has 2 aromatic rings. The summed E-state index contributed by atoms with van der Waals surface area (Å²) in [7, 11) is 0. The molecule has 2 nitrogen and oxygen atoms in total. The van der Waals surface area contributed by atoms with Crippen LogP contribution in [0.25, 0.3) is 0 Å². The summed E-state index contributed by atoms with van der Waals surface area (Å²) in [6, 6.07) is 5.15. The van der Waals surface area contributed by atoms with E-state index >= 15 is 0 Å². The summed E-state index contributed by atoms with van der Waals surface area (Å²) in [4.78, 5) is 0. The molecule has 0 atom stereocenters. The van der Waals surface area contributed by atoms with Crippen molar-refractivity contribution < 1.29 is 31.8 Å². The highest BCUT2D eigenvalue weighted by Gasteiger charge is 2.33. The fourth-order valence-corrected chi connectivity index (χ4v) is 1.70. The van der Waals surface area contributed by atoms with Crippen LogP contribution in [-0.2, 0) is 12.8 Å². The molecule has 0 spiro atoms. The predicted molar refractivity (Wildman–Crippen MR) is 63.8 cm³/mol. The van der Waals surface area contributed by atoms with Crippen LogP contribution < -0.4 is 4.74 Å². The van der Waals surface area contributed by atoms with Gasteiger partial charge in [-0.3, -0.25) is 0 Å². The van der Waals surface area contributed by atoms with E-state index in [9.17, 15) is 22.0 Å². The molecule has 0 heterocycles. The van der Waals surface area contributed by atoms with Crippen molar-refractivity contribution in [1.29, 1.82) is 0 Å². The van der Waals surface area contributed by atoms with Crippen molar-refractivity contribution >= 4 is 0 Å². The highest BCUT2D eigenvalue weighted by molar-refractivity contribution is 5.40. The van der Waals surface area contributed by atoms with Gasteiger partial charge in [0.15, 0.2) is 11.6 Å². The van der Waals surface area contributed by atoms with Crippen molar-refractivity contribution in [3.05, 3.63) is 59.2 Å². The third kappa shape index (κ3) is 3.49. The lowest BCUT2D eigenvalue weighted by molar-refractivity contribution is -0.138. The number of aliphatic hydroxyl groups excluding tert-OH is 1. The number of halogens is 5. The second-order valence-corrected chi connectivity index (χ2v) is 4.15. The SMILES string of the molecule is OCc1ccc(Oc2cc(F)ccc2F)cc1C(F)(F)F. The van der Waals surface area contributed by atoms with E-state index in [0.29, 0.717) is 6.07 Å². The fourth-order valence-electron chi connectivity index (χ4n) is 1.70. The molecule has 0 aromatic heterocycles. The summed E-state index contributed by atoms with van der Waals surface area (Å²) in [5.74, 6) is -2.53. The van der Waals surface area contributed by atoms with Crippen LogP contribution in [0, 0.1) is 11.6 Å². The van der Waals surface area contributed by atoms with Gasteiger partial charge in [-0.1, -0.05) is 6.07 Å². The van der Waals surface area contributed by atoms with Crippen molar-refractivity contribution in [2.45, 2.75) is 12.8 Å². The Hall–Kier alpha value is -2.15. The lowest BCUT2D eigenvalue weighted by atomic mass is 10.1. The Morgan fingerprint density at radius 1 is 1.00 bits per heavy atom. The van der Waals surface area contributed by atoms with Crippen LogP contribution in [-0.4, -0.2) is 5.11 Å². The monoisotopic (exact) mass is 304 g/mol. The summed E-state index contributed by atoms with van der Waals surface area (Å²) >= 11 is 0. The minimum atomic E-state index is -4.70. The Balaban J connectivity index is 2.39. The number of alkyl halides is 3. The summed E-state index contributed by atoms with van der Waals surface area (Å²) < 4.78 is 69.7. The second kappa shape index (κ2) is 5.69. The highest BCUT2D eigenvalue weighted by Crippen LogP contribution is 2.36.